The van der Waals surface area contributed by atoms with Crippen molar-refractivity contribution in [3.8, 4) is 0 Å². The molecule has 0 aromatic rings. The maximum Gasteiger partial charge on any atom is 0.328 e. The fraction of sp³-hybridized carbons (Fsp3) is 0.786. The van der Waals surface area contributed by atoms with E-state index < -0.39 is 35.8 Å². The lowest BCUT2D eigenvalue weighted by atomic mass is 9.93. The van der Waals surface area contributed by atoms with Gasteiger partial charge in [0.2, 0.25) is 5.91 Å². The van der Waals surface area contributed by atoms with Gasteiger partial charge in [-0.25, -0.2) is 10.3 Å². The maximum absolute atomic E-state index is 12.6. The van der Waals surface area contributed by atoms with Crippen LogP contribution in [-0.4, -0.2) is 58.8 Å². The predicted molar refractivity (Wildman–Crippen MR) is 75.7 cm³/mol. The van der Waals surface area contributed by atoms with Gasteiger partial charge in [-0.15, -0.1) is 0 Å². The van der Waals surface area contributed by atoms with E-state index in [1.807, 2.05) is 6.92 Å². The molecule has 1 fully saturated rings. The maximum atomic E-state index is 12.6. The van der Waals surface area contributed by atoms with E-state index in [0.717, 1.165) is 6.42 Å². The summed E-state index contributed by atoms with van der Waals surface area (Å²) in [6.07, 6.45) is 1.24. The molecular weight excluding hydrogens is 292 g/mol. The number of rotatable bonds is 7. The number of carbonyl (C=O) groups excluding carboxylic acids is 3. The molecule has 0 radical (unpaired) electrons. The molecule has 0 aromatic heterocycles. The molecule has 1 rings (SSSR count). The molecule has 8 nitrogen and oxygen atoms in total. The summed E-state index contributed by atoms with van der Waals surface area (Å²) in [7, 11) is 1.26. The van der Waals surface area contributed by atoms with Crippen molar-refractivity contribution in [1.82, 2.24) is 10.4 Å². The lowest BCUT2D eigenvalue weighted by Crippen LogP contribution is -2.49. The molecule has 3 atom stereocenters. The van der Waals surface area contributed by atoms with Crippen molar-refractivity contribution < 1.29 is 29.4 Å². The number of likely N-dealkylation sites (tertiary alicyclic amines) is 1. The van der Waals surface area contributed by atoms with Crippen LogP contribution in [0.3, 0.4) is 0 Å². The molecule has 0 unspecified atom stereocenters. The Balaban J connectivity index is 2.90. The Morgan fingerprint density at radius 2 is 2.09 bits per heavy atom. The SMILES string of the molecule is CCCC[C@@H](C(=O)N1CCC[C@H]1C(=O)OC)[C@@H](O)C(=O)NO. The van der Waals surface area contributed by atoms with Crippen LogP contribution in [0.4, 0.5) is 0 Å². The van der Waals surface area contributed by atoms with Gasteiger partial charge in [0.25, 0.3) is 5.91 Å². The number of hydrogen-bond acceptors (Lipinski definition) is 6. The van der Waals surface area contributed by atoms with Crippen LogP contribution in [0.1, 0.15) is 39.0 Å². The van der Waals surface area contributed by atoms with Crippen LogP contribution in [-0.2, 0) is 19.1 Å². The minimum absolute atomic E-state index is 0.300. The number of carbonyl (C=O) groups is 3. The Morgan fingerprint density at radius 1 is 1.41 bits per heavy atom. The summed E-state index contributed by atoms with van der Waals surface area (Å²) in [6, 6.07) is -0.675. The van der Waals surface area contributed by atoms with E-state index in [-0.39, 0.29) is 0 Å². The first-order chi connectivity index (χ1) is 10.5. The monoisotopic (exact) mass is 316 g/mol. The highest BCUT2D eigenvalue weighted by Gasteiger charge is 2.41. The van der Waals surface area contributed by atoms with E-state index in [1.54, 1.807) is 0 Å². The number of ether oxygens (including phenoxy) is 1. The first kappa shape index (κ1) is 18.4. The van der Waals surface area contributed by atoms with Crippen LogP contribution in [0.5, 0.6) is 0 Å². The lowest BCUT2D eigenvalue weighted by Gasteiger charge is -2.29. The highest BCUT2D eigenvalue weighted by atomic mass is 16.5. The molecule has 1 saturated heterocycles. The second kappa shape index (κ2) is 8.70. The lowest BCUT2D eigenvalue weighted by molar-refractivity contribution is -0.157. The second-order valence-electron chi connectivity index (χ2n) is 5.38. The average Bonchev–Trinajstić information content (AvgIpc) is 3.02. The Hall–Kier alpha value is -1.67. The van der Waals surface area contributed by atoms with Crippen LogP contribution in [0.2, 0.25) is 0 Å². The molecule has 1 aliphatic heterocycles. The van der Waals surface area contributed by atoms with Gasteiger partial charge in [0, 0.05) is 6.54 Å². The van der Waals surface area contributed by atoms with Crippen LogP contribution in [0.15, 0.2) is 0 Å². The first-order valence-corrected chi connectivity index (χ1v) is 7.48. The standard InChI is InChI=1S/C14H24N2O6/c1-3-4-6-9(11(17)12(18)15-21)13(19)16-8-5-7-10(16)14(20)22-2/h9-11,17,21H,3-8H2,1-2H3,(H,15,18)/t9-,10+,11-/m1/s1. The molecule has 1 aliphatic rings. The number of methoxy groups -OCH3 is 1. The smallest absolute Gasteiger partial charge is 0.328 e. The van der Waals surface area contributed by atoms with Gasteiger partial charge in [-0.1, -0.05) is 19.8 Å². The van der Waals surface area contributed by atoms with Crippen LogP contribution in [0, 0.1) is 5.92 Å². The van der Waals surface area contributed by atoms with Crippen molar-refractivity contribution in [2.45, 2.75) is 51.2 Å². The highest BCUT2D eigenvalue weighted by molar-refractivity contribution is 5.91. The molecule has 1 heterocycles. The molecule has 0 bridgehead atoms. The van der Waals surface area contributed by atoms with Gasteiger partial charge in [0.1, 0.15) is 12.1 Å². The van der Waals surface area contributed by atoms with E-state index >= 15 is 0 Å². The number of aliphatic hydroxyl groups is 1. The number of nitrogens with one attached hydrogen (secondary N) is 1. The highest BCUT2D eigenvalue weighted by Crippen LogP contribution is 2.24. The number of esters is 1. The van der Waals surface area contributed by atoms with Crippen LogP contribution < -0.4 is 5.48 Å². The summed E-state index contributed by atoms with van der Waals surface area (Å²) in [6.45, 7) is 2.31. The summed E-state index contributed by atoms with van der Waals surface area (Å²) >= 11 is 0. The molecule has 3 N–H and O–H groups in total. The number of amides is 2. The van der Waals surface area contributed by atoms with Crippen molar-refractivity contribution >= 4 is 17.8 Å². The average molecular weight is 316 g/mol. The summed E-state index contributed by atoms with van der Waals surface area (Å²) < 4.78 is 4.69. The van der Waals surface area contributed by atoms with Gasteiger partial charge in [-0.05, 0) is 19.3 Å². The third-order valence-corrected chi connectivity index (χ3v) is 3.95. The zero-order chi connectivity index (χ0) is 16.7. The van der Waals surface area contributed by atoms with Gasteiger partial charge in [-0.2, -0.15) is 0 Å². The van der Waals surface area contributed by atoms with Gasteiger partial charge >= 0.3 is 5.97 Å². The van der Waals surface area contributed by atoms with E-state index in [0.29, 0.717) is 32.2 Å². The van der Waals surface area contributed by atoms with Gasteiger partial charge in [0.05, 0.1) is 13.0 Å². The van der Waals surface area contributed by atoms with E-state index in [9.17, 15) is 19.5 Å². The second-order valence-corrected chi connectivity index (χ2v) is 5.38. The molecule has 0 aromatic carbocycles. The molecule has 0 aliphatic carbocycles. The van der Waals surface area contributed by atoms with E-state index in [2.05, 4.69) is 4.74 Å². The summed E-state index contributed by atoms with van der Waals surface area (Å²) in [5.74, 6) is -2.97. The third kappa shape index (κ3) is 4.17. The first-order valence-electron chi connectivity index (χ1n) is 7.48. The molecule has 0 spiro atoms. The summed E-state index contributed by atoms with van der Waals surface area (Å²) in [4.78, 5) is 37.2. The molecular formula is C14H24N2O6. The Labute approximate surface area is 129 Å². The molecule has 8 heteroatoms. The summed E-state index contributed by atoms with van der Waals surface area (Å²) in [5, 5.41) is 18.6. The van der Waals surface area contributed by atoms with Crippen molar-refractivity contribution in [2.24, 2.45) is 5.92 Å². The van der Waals surface area contributed by atoms with Crippen LogP contribution in [0.25, 0.3) is 0 Å². The number of nitrogens with zero attached hydrogens (tertiary/aromatic N) is 1. The zero-order valence-corrected chi connectivity index (χ0v) is 12.9. The largest absolute Gasteiger partial charge is 0.467 e. The normalized spacial score (nSPS) is 20.4. The van der Waals surface area contributed by atoms with Crippen LogP contribution >= 0.6 is 0 Å². The van der Waals surface area contributed by atoms with Crippen molar-refractivity contribution in [3.63, 3.8) is 0 Å². The molecule has 126 valence electrons. The zero-order valence-electron chi connectivity index (χ0n) is 12.9. The van der Waals surface area contributed by atoms with E-state index in [4.69, 9.17) is 5.21 Å². The van der Waals surface area contributed by atoms with Crippen molar-refractivity contribution in [3.05, 3.63) is 0 Å². The minimum atomic E-state index is -1.65. The number of hydroxylamine groups is 1. The Kier molecular flexibility index (Phi) is 7.26. The molecule has 22 heavy (non-hydrogen) atoms. The predicted octanol–water partition coefficient (Wildman–Crippen LogP) is -0.177. The van der Waals surface area contributed by atoms with Gasteiger partial charge in [-0.3, -0.25) is 14.8 Å². The summed E-state index contributed by atoms with van der Waals surface area (Å²) in [5.41, 5.74) is 1.36. The van der Waals surface area contributed by atoms with Crippen molar-refractivity contribution in [1.29, 1.82) is 0 Å². The third-order valence-electron chi connectivity index (χ3n) is 3.95. The van der Waals surface area contributed by atoms with E-state index in [1.165, 1.54) is 17.5 Å². The molecule has 2 amide bonds. The fourth-order valence-corrected chi connectivity index (χ4v) is 2.71. The Bertz CT molecular complexity index is 414. The number of aliphatic hydroxyl groups excluding tert-OH is 1. The van der Waals surface area contributed by atoms with Gasteiger partial charge in [0.15, 0.2) is 0 Å². The Morgan fingerprint density at radius 3 is 2.64 bits per heavy atom. The van der Waals surface area contributed by atoms with Gasteiger partial charge < -0.3 is 14.7 Å². The fourth-order valence-electron chi connectivity index (χ4n) is 2.71. The number of hydrogen-bond donors (Lipinski definition) is 3. The van der Waals surface area contributed by atoms with Crippen molar-refractivity contribution in [2.75, 3.05) is 13.7 Å². The quantitative estimate of drug-likeness (QED) is 0.341. The minimum Gasteiger partial charge on any atom is -0.467 e. The molecule has 0 saturated carbocycles. The topological polar surface area (TPSA) is 116 Å². The number of unbranched alkanes of at least 4 members (excludes halogenated alkanes) is 1.